The molecular weight excluding hydrogens is 373 g/mol. The second kappa shape index (κ2) is 8.31. The Hall–Kier alpha value is -1.41. The Morgan fingerprint density at radius 1 is 1.00 bits per heavy atom. The zero-order chi connectivity index (χ0) is 19.5. The van der Waals surface area contributed by atoms with Gasteiger partial charge in [0.25, 0.3) is 0 Å². The Bertz CT molecular complexity index is 723. The predicted molar refractivity (Wildman–Crippen MR) is 102 cm³/mol. The van der Waals surface area contributed by atoms with Crippen LogP contribution in [-0.2, 0) is 18.2 Å². The standard InChI is InChI=1S/C20H25F3N2OS/c1-19(26,16-4-2-5-17(14-16)20(21,22)23)15-25-11-9-24(10-12-25)8-7-18-6-3-13-27-18/h2-6,13-14,26H,7-12,15H2,1H3. The predicted octanol–water partition coefficient (Wildman–Crippen LogP) is 3.83. The highest BCUT2D eigenvalue weighted by atomic mass is 32.1. The van der Waals surface area contributed by atoms with E-state index in [0.29, 0.717) is 12.1 Å². The number of rotatable bonds is 6. The highest BCUT2D eigenvalue weighted by molar-refractivity contribution is 7.09. The first-order chi connectivity index (χ1) is 12.7. The number of benzene rings is 1. The van der Waals surface area contributed by atoms with Crippen molar-refractivity contribution in [1.29, 1.82) is 0 Å². The molecule has 0 bridgehead atoms. The molecule has 0 radical (unpaired) electrons. The normalized spacial score (nSPS) is 19.1. The fourth-order valence-corrected chi connectivity index (χ4v) is 4.15. The van der Waals surface area contributed by atoms with Gasteiger partial charge in [0.2, 0.25) is 0 Å². The summed E-state index contributed by atoms with van der Waals surface area (Å²) in [6.07, 6.45) is -3.36. The molecule has 0 aliphatic carbocycles. The maximum Gasteiger partial charge on any atom is 0.416 e. The van der Waals surface area contributed by atoms with E-state index in [9.17, 15) is 18.3 Å². The number of thiophene rings is 1. The number of nitrogens with zero attached hydrogens (tertiary/aromatic N) is 2. The lowest BCUT2D eigenvalue weighted by molar-refractivity contribution is -0.137. The van der Waals surface area contributed by atoms with E-state index in [-0.39, 0.29) is 0 Å². The van der Waals surface area contributed by atoms with Crippen LogP contribution < -0.4 is 0 Å². The van der Waals surface area contributed by atoms with E-state index >= 15 is 0 Å². The molecule has 1 aliphatic rings. The maximum atomic E-state index is 12.9. The summed E-state index contributed by atoms with van der Waals surface area (Å²) in [5, 5.41) is 12.9. The molecule has 148 valence electrons. The summed E-state index contributed by atoms with van der Waals surface area (Å²) in [7, 11) is 0. The molecule has 1 unspecified atom stereocenters. The molecule has 1 saturated heterocycles. The Kier molecular flexibility index (Phi) is 6.25. The molecule has 27 heavy (non-hydrogen) atoms. The average molecular weight is 398 g/mol. The summed E-state index contributed by atoms with van der Waals surface area (Å²) in [5.41, 5.74) is -1.74. The molecule has 1 aromatic heterocycles. The SMILES string of the molecule is CC(O)(CN1CCN(CCc2cccs2)CC1)c1cccc(C(F)(F)F)c1. The molecule has 2 aromatic rings. The van der Waals surface area contributed by atoms with Crippen molar-refractivity contribution in [3.63, 3.8) is 0 Å². The van der Waals surface area contributed by atoms with Crippen molar-refractivity contribution in [3.8, 4) is 0 Å². The summed E-state index contributed by atoms with van der Waals surface area (Å²) in [6.45, 7) is 6.35. The Morgan fingerprint density at radius 3 is 2.30 bits per heavy atom. The van der Waals surface area contributed by atoms with Crippen LogP contribution in [0.1, 0.15) is 22.9 Å². The molecule has 1 aromatic carbocycles. The average Bonchev–Trinajstić information content (AvgIpc) is 3.14. The van der Waals surface area contributed by atoms with Gasteiger partial charge in [0.05, 0.1) is 11.2 Å². The molecule has 1 atom stereocenters. The highest BCUT2D eigenvalue weighted by Gasteiger charge is 2.34. The van der Waals surface area contributed by atoms with Crippen molar-refractivity contribution >= 4 is 11.3 Å². The van der Waals surface area contributed by atoms with E-state index in [1.54, 1.807) is 24.3 Å². The van der Waals surface area contributed by atoms with Gasteiger partial charge in [0.1, 0.15) is 0 Å². The Morgan fingerprint density at radius 2 is 1.67 bits per heavy atom. The van der Waals surface area contributed by atoms with Crippen LogP contribution in [0.25, 0.3) is 0 Å². The van der Waals surface area contributed by atoms with Gasteiger partial charge in [-0.25, -0.2) is 0 Å². The zero-order valence-corrected chi connectivity index (χ0v) is 16.2. The topological polar surface area (TPSA) is 26.7 Å². The first-order valence-electron chi connectivity index (χ1n) is 9.11. The summed E-state index contributed by atoms with van der Waals surface area (Å²) in [5.74, 6) is 0. The van der Waals surface area contributed by atoms with E-state index in [1.807, 2.05) is 0 Å². The lowest BCUT2D eigenvalue weighted by Crippen LogP contribution is -2.50. The van der Waals surface area contributed by atoms with Crippen LogP contribution in [-0.4, -0.2) is 54.2 Å². The molecule has 1 fully saturated rings. The monoisotopic (exact) mass is 398 g/mol. The van der Waals surface area contributed by atoms with Crippen molar-refractivity contribution in [2.24, 2.45) is 0 Å². The maximum absolute atomic E-state index is 12.9. The molecule has 2 heterocycles. The minimum atomic E-state index is -4.40. The molecule has 3 rings (SSSR count). The molecule has 7 heteroatoms. The number of alkyl halides is 3. The fourth-order valence-electron chi connectivity index (χ4n) is 3.45. The van der Waals surface area contributed by atoms with Gasteiger partial charge in [-0.2, -0.15) is 13.2 Å². The van der Waals surface area contributed by atoms with E-state index in [0.717, 1.165) is 51.3 Å². The van der Waals surface area contributed by atoms with Crippen molar-refractivity contribution in [2.75, 3.05) is 39.3 Å². The molecular formula is C20H25F3N2OS. The molecule has 0 spiro atoms. The van der Waals surface area contributed by atoms with Gasteiger partial charge in [-0.1, -0.05) is 18.2 Å². The molecule has 1 aliphatic heterocycles. The van der Waals surface area contributed by atoms with Gasteiger partial charge in [-0.15, -0.1) is 11.3 Å². The molecule has 0 amide bonds. The number of halogens is 3. The fraction of sp³-hybridized carbons (Fsp3) is 0.500. The summed E-state index contributed by atoms with van der Waals surface area (Å²) >= 11 is 1.77. The summed E-state index contributed by atoms with van der Waals surface area (Å²) < 4.78 is 38.8. The van der Waals surface area contributed by atoms with Gasteiger partial charge in [0, 0.05) is 44.1 Å². The second-order valence-corrected chi connectivity index (χ2v) is 8.33. The van der Waals surface area contributed by atoms with Gasteiger partial charge >= 0.3 is 6.18 Å². The summed E-state index contributed by atoms with van der Waals surface area (Å²) in [4.78, 5) is 5.90. The van der Waals surface area contributed by atoms with E-state index < -0.39 is 17.3 Å². The largest absolute Gasteiger partial charge is 0.416 e. The number of piperazine rings is 1. The molecule has 0 saturated carbocycles. The van der Waals surface area contributed by atoms with Gasteiger partial charge in [-0.05, 0) is 42.5 Å². The van der Waals surface area contributed by atoms with E-state index in [2.05, 4.69) is 27.3 Å². The summed E-state index contributed by atoms with van der Waals surface area (Å²) in [6, 6.07) is 9.21. The first kappa shape index (κ1) is 20.3. The zero-order valence-electron chi connectivity index (χ0n) is 15.4. The van der Waals surface area contributed by atoms with Crippen molar-refractivity contribution < 1.29 is 18.3 Å². The van der Waals surface area contributed by atoms with Crippen LogP contribution in [0, 0.1) is 0 Å². The molecule has 1 N–H and O–H groups in total. The third-order valence-electron chi connectivity index (χ3n) is 5.06. The third kappa shape index (κ3) is 5.54. The smallest absolute Gasteiger partial charge is 0.384 e. The van der Waals surface area contributed by atoms with E-state index in [1.165, 1.54) is 10.9 Å². The second-order valence-electron chi connectivity index (χ2n) is 7.30. The van der Waals surface area contributed by atoms with Crippen LogP contribution in [0.4, 0.5) is 13.2 Å². The quantitative estimate of drug-likeness (QED) is 0.801. The minimum Gasteiger partial charge on any atom is -0.384 e. The van der Waals surface area contributed by atoms with Crippen molar-refractivity contribution in [1.82, 2.24) is 9.80 Å². The van der Waals surface area contributed by atoms with Crippen molar-refractivity contribution in [2.45, 2.75) is 25.1 Å². The Labute approximate surface area is 162 Å². The van der Waals surface area contributed by atoms with E-state index in [4.69, 9.17) is 0 Å². The van der Waals surface area contributed by atoms with Gasteiger partial charge in [-0.3, -0.25) is 4.90 Å². The number of hydrogen-bond donors (Lipinski definition) is 1. The minimum absolute atomic E-state index is 0.303. The third-order valence-corrected chi connectivity index (χ3v) is 6.00. The lowest BCUT2D eigenvalue weighted by atomic mass is 9.93. The highest BCUT2D eigenvalue weighted by Crippen LogP contribution is 2.32. The number of aliphatic hydroxyl groups is 1. The van der Waals surface area contributed by atoms with Crippen LogP contribution in [0.5, 0.6) is 0 Å². The molecule has 3 nitrogen and oxygen atoms in total. The van der Waals surface area contributed by atoms with Crippen LogP contribution in [0.15, 0.2) is 41.8 Å². The lowest BCUT2D eigenvalue weighted by Gasteiger charge is -2.38. The first-order valence-corrected chi connectivity index (χ1v) is 9.99. The van der Waals surface area contributed by atoms with Crippen LogP contribution in [0.3, 0.4) is 0 Å². The Balaban J connectivity index is 1.53. The number of hydrogen-bond acceptors (Lipinski definition) is 4. The van der Waals surface area contributed by atoms with Crippen LogP contribution >= 0.6 is 11.3 Å². The van der Waals surface area contributed by atoms with Crippen LogP contribution in [0.2, 0.25) is 0 Å². The van der Waals surface area contributed by atoms with Crippen molar-refractivity contribution in [3.05, 3.63) is 57.8 Å². The number of β-amino-alcohol motifs (C(OH)–C–C–N with tert-alkyl or cyclic N) is 1. The van der Waals surface area contributed by atoms with Gasteiger partial charge in [0.15, 0.2) is 0 Å². The van der Waals surface area contributed by atoms with Gasteiger partial charge < -0.3 is 10.0 Å².